The quantitative estimate of drug-likeness (QED) is 0.598. The maximum atomic E-state index is 13.8. The Balaban J connectivity index is 1.49. The normalized spacial score (nSPS) is 16.6. The van der Waals surface area contributed by atoms with Gasteiger partial charge in [0.15, 0.2) is 11.5 Å². The molecule has 0 aliphatic carbocycles. The Morgan fingerprint density at radius 1 is 1.03 bits per heavy atom. The summed E-state index contributed by atoms with van der Waals surface area (Å²) in [6, 6.07) is 19.3. The van der Waals surface area contributed by atoms with Crippen molar-refractivity contribution in [1.29, 1.82) is 0 Å². The third-order valence-electron chi connectivity index (χ3n) is 5.85. The van der Waals surface area contributed by atoms with Gasteiger partial charge in [-0.05, 0) is 35.4 Å². The van der Waals surface area contributed by atoms with Gasteiger partial charge in [0, 0.05) is 30.4 Å². The first-order valence-corrected chi connectivity index (χ1v) is 11.1. The van der Waals surface area contributed by atoms with E-state index in [1.807, 2.05) is 42.5 Å². The molecule has 1 N–H and O–H groups in total. The monoisotopic (exact) mass is 458 g/mol. The van der Waals surface area contributed by atoms with Crippen LogP contribution in [0.15, 0.2) is 72.8 Å². The highest BCUT2D eigenvalue weighted by molar-refractivity contribution is 6.06. The van der Waals surface area contributed by atoms with Crippen molar-refractivity contribution in [2.75, 3.05) is 30.0 Å². The number of fused-ring (bicyclic) bond motifs is 2. The number of amides is 2. The van der Waals surface area contributed by atoms with Gasteiger partial charge in [0.1, 0.15) is 19.0 Å². The van der Waals surface area contributed by atoms with Gasteiger partial charge in [-0.25, -0.2) is 4.39 Å². The molecule has 0 saturated heterocycles. The topological polar surface area (TPSA) is 67.9 Å². The number of rotatable bonds is 5. The molecule has 0 spiro atoms. The van der Waals surface area contributed by atoms with Crippen LogP contribution in [0, 0.1) is 5.82 Å². The Kier molecular flexibility index (Phi) is 5.99. The first kappa shape index (κ1) is 21.7. The molecule has 6 nitrogen and oxygen atoms in total. The van der Waals surface area contributed by atoms with Crippen LogP contribution in [0.25, 0.3) is 6.08 Å². The third-order valence-corrected chi connectivity index (χ3v) is 5.85. The number of anilines is 2. The number of benzene rings is 3. The highest BCUT2D eigenvalue weighted by Gasteiger charge is 2.34. The van der Waals surface area contributed by atoms with Gasteiger partial charge in [-0.1, -0.05) is 48.6 Å². The molecule has 0 fully saturated rings. The molecule has 7 heteroatoms. The van der Waals surface area contributed by atoms with Crippen molar-refractivity contribution in [2.24, 2.45) is 0 Å². The van der Waals surface area contributed by atoms with E-state index < -0.39 is 11.7 Å². The molecule has 3 aromatic rings. The van der Waals surface area contributed by atoms with Crippen molar-refractivity contribution in [1.82, 2.24) is 0 Å². The second-order valence-electron chi connectivity index (χ2n) is 8.13. The van der Waals surface area contributed by atoms with E-state index in [0.29, 0.717) is 41.7 Å². The smallest absolute Gasteiger partial charge is 0.235 e. The molecular formula is C27H23FN2O4. The standard InChI is InChI=1S/C27H23FN2O4/c28-19-8-10-21-22(17-26(31)29-23(21)15-19)27(32)30(12-4-7-18-5-2-1-3-6-18)20-9-11-24-25(16-20)34-14-13-33-24/h1-11,15-16,22H,12-14,17H2,(H,29,31). The molecule has 172 valence electrons. The Morgan fingerprint density at radius 3 is 2.65 bits per heavy atom. The van der Waals surface area contributed by atoms with Crippen LogP contribution in [0.3, 0.4) is 0 Å². The second kappa shape index (κ2) is 9.39. The largest absolute Gasteiger partial charge is 0.486 e. The predicted octanol–water partition coefficient (Wildman–Crippen LogP) is 4.77. The number of hydrogen-bond donors (Lipinski definition) is 1. The van der Waals surface area contributed by atoms with Gasteiger partial charge in [0.2, 0.25) is 11.8 Å². The van der Waals surface area contributed by atoms with Crippen LogP contribution in [-0.2, 0) is 9.59 Å². The highest BCUT2D eigenvalue weighted by Crippen LogP contribution is 2.38. The molecule has 0 aromatic heterocycles. The number of nitrogens with zero attached hydrogens (tertiary/aromatic N) is 1. The maximum absolute atomic E-state index is 13.8. The summed E-state index contributed by atoms with van der Waals surface area (Å²) in [6.07, 6.45) is 3.83. The SMILES string of the molecule is O=C1CC(C(=O)N(CC=Cc2ccccc2)c2ccc3c(c2)OCCO3)c2ccc(F)cc2N1. The lowest BCUT2D eigenvalue weighted by Gasteiger charge is -2.31. The molecule has 1 unspecified atom stereocenters. The highest BCUT2D eigenvalue weighted by atomic mass is 19.1. The van der Waals surface area contributed by atoms with E-state index in [1.54, 1.807) is 29.2 Å². The summed E-state index contributed by atoms with van der Waals surface area (Å²) in [5.41, 5.74) is 2.56. The van der Waals surface area contributed by atoms with Crippen molar-refractivity contribution in [2.45, 2.75) is 12.3 Å². The summed E-state index contributed by atoms with van der Waals surface area (Å²) in [4.78, 5) is 27.8. The fourth-order valence-corrected chi connectivity index (χ4v) is 4.23. The number of hydrogen-bond acceptors (Lipinski definition) is 4. The van der Waals surface area contributed by atoms with Crippen LogP contribution in [0.2, 0.25) is 0 Å². The van der Waals surface area contributed by atoms with Crippen LogP contribution >= 0.6 is 0 Å². The van der Waals surface area contributed by atoms with Crippen LogP contribution in [0.1, 0.15) is 23.5 Å². The van der Waals surface area contributed by atoms with E-state index >= 15 is 0 Å². The molecule has 34 heavy (non-hydrogen) atoms. The van der Waals surface area contributed by atoms with Crippen molar-refractivity contribution in [3.05, 3.63) is 89.8 Å². The van der Waals surface area contributed by atoms with E-state index in [2.05, 4.69) is 5.32 Å². The molecule has 0 bridgehead atoms. The fourth-order valence-electron chi connectivity index (χ4n) is 4.23. The molecule has 2 heterocycles. The van der Waals surface area contributed by atoms with Gasteiger partial charge in [-0.15, -0.1) is 0 Å². The van der Waals surface area contributed by atoms with Gasteiger partial charge in [-0.3, -0.25) is 9.59 Å². The minimum absolute atomic E-state index is 0.0130. The predicted molar refractivity (Wildman–Crippen MR) is 128 cm³/mol. The maximum Gasteiger partial charge on any atom is 0.235 e. The van der Waals surface area contributed by atoms with E-state index in [4.69, 9.17) is 9.47 Å². The average molecular weight is 458 g/mol. The van der Waals surface area contributed by atoms with E-state index in [9.17, 15) is 14.0 Å². The van der Waals surface area contributed by atoms with Crippen LogP contribution < -0.4 is 19.7 Å². The van der Waals surface area contributed by atoms with Gasteiger partial charge in [0.25, 0.3) is 0 Å². The second-order valence-corrected chi connectivity index (χ2v) is 8.13. The zero-order valence-corrected chi connectivity index (χ0v) is 18.4. The average Bonchev–Trinajstić information content (AvgIpc) is 2.86. The summed E-state index contributed by atoms with van der Waals surface area (Å²) in [5.74, 6) is -0.586. The molecule has 2 aliphatic rings. The lowest BCUT2D eigenvalue weighted by atomic mass is 9.89. The molecule has 0 radical (unpaired) electrons. The lowest BCUT2D eigenvalue weighted by molar-refractivity contribution is -0.124. The van der Waals surface area contributed by atoms with Crippen LogP contribution in [0.4, 0.5) is 15.8 Å². The molecule has 1 atom stereocenters. The minimum Gasteiger partial charge on any atom is -0.486 e. The molecule has 2 aliphatic heterocycles. The Labute approximate surface area is 196 Å². The zero-order valence-electron chi connectivity index (χ0n) is 18.4. The van der Waals surface area contributed by atoms with Crippen LogP contribution in [0.5, 0.6) is 11.5 Å². The van der Waals surface area contributed by atoms with E-state index in [0.717, 1.165) is 5.56 Å². The van der Waals surface area contributed by atoms with Gasteiger partial charge >= 0.3 is 0 Å². The van der Waals surface area contributed by atoms with E-state index in [1.165, 1.54) is 12.1 Å². The summed E-state index contributed by atoms with van der Waals surface area (Å²) < 4.78 is 25.1. The molecule has 5 rings (SSSR count). The van der Waals surface area contributed by atoms with Crippen molar-refractivity contribution < 1.29 is 23.5 Å². The number of carbonyl (C=O) groups excluding carboxylic acids is 2. The first-order valence-electron chi connectivity index (χ1n) is 11.1. The minimum atomic E-state index is -0.734. The number of carbonyl (C=O) groups is 2. The summed E-state index contributed by atoms with van der Waals surface area (Å²) in [7, 11) is 0. The third kappa shape index (κ3) is 4.50. The van der Waals surface area contributed by atoms with Gasteiger partial charge in [-0.2, -0.15) is 0 Å². The number of ether oxygens (including phenoxy) is 2. The Morgan fingerprint density at radius 2 is 1.82 bits per heavy atom. The van der Waals surface area contributed by atoms with Gasteiger partial charge < -0.3 is 19.7 Å². The van der Waals surface area contributed by atoms with Crippen molar-refractivity contribution in [3.63, 3.8) is 0 Å². The summed E-state index contributed by atoms with van der Waals surface area (Å²) >= 11 is 0. The zero-order chi connectivity index (χ0) is 23.5. The van der Waals surface area contributed by atoms with Gasteiger partial charge in [0.05, 0.1) is 5.92 Å². The first-order chi connectivity index (χ1) is 16.6. The molecule has 2 amide bonds. The molecule has 3 aromatic carbocycles. The van der Waals surface area contributed by atoms with Crippen LogP contribution in [-0.4, -0.2) is 31.6 Å². The molecule has 0 saturated carbocycles. The van der Waals surface area contributed by atoms with E-state index in [-0.39, 0.29) is 24.8 Å². The van der Waals surface area contributed by atoms with Crippen molar-refractivity contribution >= 4 is 29.3 Å². The number of halogens is 1. The molecular weight excluding hydrogens is 435 g/mol. The Hall–Kier alpha value is -4.13. The number of nitrogens with one attached hydrogen (secondary N) is 1. The Bertz CT molecular complexity index is 1260. The lowest BCUT2D eigenvalue weighted by Crippen LogP contribution is -2.39. The summed E-state index contributed by atoms with van der Waals surface area (Å²) in [5, 5.41) is 2.67. The summed E-state index contributed by atoms with van der Waals surface area (Å²) in [6.45, 7) is 1.18. The fraction of sp³-hybridized carbons (Fsp3) is 0.185. The van der Waals surface area contributed by atoms with Crippen molar-refractivity contribution in [3.8, 4) is 11.5 Å².